The molecule has 0 saturated heterocycles. The zero-order valence-corrected chi connectivity index (χ0v) is 81.3. The number of rotatable bonds is 11. The fourth-order valence-electron chi connectivity index (χ4n) is 26.6. The van der Waals surface area contributed by atoms with Gasteiger partial charge in [0.1, 0.15) is 0 Å². The Morgan fingerprint density at radius 3 is 0.918 bits per heavy atom. The van der Waals surface area contributed by atoms with Crippen LogP contribution in [0.4, 0.5) is 34.1 Å². The summed E-state index contributed by atoms with van der Waals surface area (Å²) in [5.74, 6) is 0. The Balaban J connectivity index is 0.000000136. The molecule has 5 aliphatic rings. The molecule has 3 heteroatoms. The zero-order valence-electron chi connectivity index (χ0n) is 80.5. The minimum Gasteiger partial charge on any atom is -0.310 e. The molecule has 31 rings (SSSR count). The zero-order chi connectivity index (χ0) is 96.2. The van der Waals surface area contributed by atoms with Crippen LogP contribution in [0.15, 0.2) is 522 Å². The minimum absolute atomic E-state index is 0.0712. The summed E-state index contributed by atoms with van der Waals surface area (Å²) in [5.41, 5.74) is 43.8. The third-order valence-electron chi connectivity index (χ3n) is 32.9. The third kappa shape index (κ3) is 12.2. The van der Waals surface area contributed by atoms with E-state index < -0.39 is 10.8 Å². The quantitative estimate of drug-likeness (QED) is 0.119. The van der Waals surface area contributed by atoms with Gasteiger partial charge in [0.25, 0.3) is 0 Å². The highest BCUT2D eigenvalue weighted by Gasteiger charge is 2.54. The van der Waals surface area contributed by atoms with Crippen molar-refractivity contribution in [1.29, 1.82) is 0 Å². The SMILES string of the molecule is CC1(C)c2ccccc2-c2ccc(-c3ccc(-c4cc5c(cc4N(c4ccccc4)c4ccc6c7ccccc7c7ccccc7c6c4)C4(c6ccccc6-c6ccccc64)c4ccccc4-5)cc3)cc21.c1ccc(-c2cc(-c3ccccc3)cc(N(c3ccc4c5ccccc5c5ccccc5c4c3)c3cc4c(cc3-c3cccc5sc6ccccc6c35)-c3ccccc3C43c4ccccc4-c4ccccc43)c2)cc1. The van der Waals surface area contributed by atoms with Crippen molar-refractivity contribution >= 4 is 130 Å². The highest BCUT2D eigenvalue weighted by Crippen LogP contribution is 2.68. The lowest BCUT2D eigenvalue weighted by atomic mass is 9.70. The molecule has 0 aliphatic heterocycles. The van der Waals surface area contributed by atoms with Crippen LogP contribution < -0.4 is 9.80 Å². The van der Waals surface area contributed by atoms with Gasteiger partial charge < -0.3 is 9.80 Å². The lowest BCUT2D eigenvalue weighted by Crippen LogP contribution is -2.26. The van der Waals surface area contributed by atoms with Crippen LogP contribution in [0.3, 0.4) is 0 Å². The summed E-state index contributed by atoms with van der Waals surface area (Å²) in [4.78, 5) is 5.13. The van der Waals surface area contributed by atoms with Gasteiger partial charge in [-0.3, -0.25) is 0 Å². The molecule has 1 heterocycles. The molecule has 2 nitrogen and oxygen atoms in total. The van der Waals surface area contributed by atoms with Gasteiger partial charge in [0, 0.05) is 59.5 Å². The van der Waals surface area contributed by atoms with E-state index in [2.05, 4.69) is 545 Å². The molecule has 0 unspecified atom stereocenters. The molecule has 0 bridgehead atoms. The Bertz CT molecular complexity index is 9780. The van der Waals surface area contributed by atoms with Crippen LogP contribution in [0.1, 0.15) is 69.5 Å². The van der Waals surface area contributed by atoms with Gasteiger partial charge in [0.2, 0.25) is 0 Å². The van der Waals surface area contributed by atoms with Crippen LogP contribution in [0, 0.1) is 0 Å². The number of hydrogen-bond donors (Lipinski definition) is 0. The standard InChI is InChI=1S/C73H45NS.C70H47N/c1-3-20-46(21-4-1)48-40-49(47-22-5-2-6-23-47)42-51(41-48)74(50-38-39-56-54-26-8-7-24-52(54)53-25-9-10-27-55(53)62(56)43-50)69-45-68-63(44-64(69)60-32-19-37-71-72(60)61-31-14-18-36-70(61)75-71)59-30-13-17-35-67(59)73(68)65-33-15-11-28-57(65)58-29-12-16-34-66(58)73;1-69(2)62-28-14-10-24-54(62)58-38-36-46(40-66(58)69)44-32-34-45(35-33-44)59-42-61-57-27-13-17-31-65(57)70(63-29-15-11-25-55(63)56-26-12-16-30-64(56)70)67(61)43-68(59)71(47-18-4-3-5-19-47)48-37-39-53-51-22-7-6-20-49(51)50-21-8-9-23-52(50)60(53)41-48/h1-45H;3-43H,1-2H3. The van der Waals surface area contributed by atoms with Crippen molar-refractivity contribution < 1.29 is 0 Å². The van der Waals surface area contributed by atoms with Crippen LogP contribution in [0.5, 0.6) is 0 Å². The molecule has 680 valence electrons. The fourth-order valence-corrected chi connectivity index (χ4v) is 27.8. The first kappa shape index (κ1) is 83.6. The molecule has 0 fully saturated rings. The van der Waals surface area contributed by atoms with E-state index >= 15 is 0 Å². The second kappa shape index (κ2) is 32.5. The number of para-hydroxylation sites is 1. The topological polar surface area (TPSA) is 6.48 Å². The second-order valence-corrected chi connectivity index (χ2v) is 41.6. The summed E-state index contributed by atoms with van der Waals surface area (Å²) < 4.78 is 2.57. The lowest BCUT2D eigenvalue weighted by molar-refractivity contribution is 0.660. The van der Waals surface area contributed by atoms with E-state index in [1.807, 2.05) is 11.3 Å². The predicted molar refractivity (Wildman–Crippen MR) is 618 cm³/mol. The van der Waals surface area contributed by atoms with Gasteiger partial charge in [0.15, 0.2) is 0 Å². The normalized spacial score (nSPS) is 13.4. The number of thiophene rings is 1. The fraction of sp³-hybridized carbons (Fsp3) is 0.0350. The Morgan fingerprint density at radius 2 is 0.466 bits per heavy atom. The average molecular weight is 1870 g/mol. The Hall–Kier alpha value is -18.1. The molecule has 25 aromatic carbocycles. The lowest BCUT2D eigenvalue weighted by Gasteiger charge is -2.34. The van der Waals surface area contributed by atoms with Crippen LogP contribution in [0.25, 0.3) is 196 Å². The highest BCUT2D eigenvalue weighted by atomic mass is 32.1. The van der Waals surface area contributed by atoms with Gasteiger partial charge >= 0.3 is 0 Å². The van der Waals surface area contributed by atoms with Crippen molar-refractivity contribution in [1.82, 2.24) is 0 Å². The largest absolute Gasteiger partial charge is 0.310 e. The van der Waals surface area contributed by atoms with Gasteiger partial charge in [-0.05, 0) is 317 Å². The first-order valence-electron chi connectivity index (χ1n) is 51.0. The molecule has 1 aromatic heterocycles. The number of fused-ring (bicyclic) bond motifs is 38. The van der Waals surface area contributed by atoms with E-state index in [4.69, 9.17) is 0 Å². The van der Waals surface area contributed by atoms with Crippen LogP contribution in [0.2, 0.25) is 0 Å². The molecular weight excluding hydrogens is 1780 g/mol. The predicted octanol–water partition coefficient (Wildman–Crippen LogP) is 38.9. The van der Waals surface area contributed by atoms with Crippen molar-refractivity contribution in [3.05, 3.63) is 577 Å². The van der Waals surface area contributed by atoms with E-state index in [-0.39, 0.29) is 5.41 Å². The summed E-state index contributed by atoms with van der Waals surface area (Å²) in [6.45, 7) is 4.73. The smallest absolute Gasteiger partial charge is 0.0726 e. The van der Waals surface area contributed by atoms with Crippen molar-refractivity contribution in [3.8, 4) is 111 Å². The monoisotopic (exact) mass is 1870 g/mol. The summed E-state index contributed by atoms with van der Waals surface area (Å²) in [7, 11) is 0. The molecule has 0 atom stereocenters. The van der Waals surface area contributed by atoms with E-state index in [1.54, 1.807) is 0 Å². The number of anilines is 6. The summed E-state index contributed by atoms with van der Waals surface area (Å²) in [6.07, 6.45) is 0. The second-order valence-electron chi connectivity index (χ2n) is 40.5. The molecular formula is C143H92N2S. The highest BCUT2D eigenvalue weighted by molar-refractivity contribution is 7.26. The molecule has 146 heavy (non-hydrogen) atoms. The van der Waals surface area contributed by atoms with Crippen molar-refractivity contribution in [3.63, 3.8) is 0 Å². The van der Waals surface area contributed by atoms with E-state index in [1.165, 1.54) is 241 Å². The Kier molecular flexibility index (Phi) is 18.6. The first-order chi connectivity index (χ1) is 72.2. The summed E-state index contributed by atoms with van der Waals surface area (Å²) >= 11 is 1.88. The molecule has 0 radical (unpaired) electrons. The summed E-state index contributed by atoms with van der Waals surface area (Å²) in [5, 5.41) is 17.7. The first-order valence-corrected chi connectivity index (χ1v) is 51.8. The van der Waals surface area contributed by atoms with Crippen LogP contribution in [-0.4, -0.2) is 0 Å². The van der Waals surface area contributed by atoms with Crippen LogP contribution >= 0.6 is 11.3 Å². The van der Waals surface area contributed by atoms with Crippen LogP contribution in [-0.2, 0) is 16.2 Å². The molecule has 0 saturated carbocycles. The molecule has 2 spiro atoms. The molecule has 5 aliphatic carbocycles. The number of nitrogens with zero attached hydrogens (tertiary/aromatic N) is 2. The third-order valence-corrected chi connectivity index (χ3v) is 34.0. The molecule has 0 N–H and O–H groups in total. The van der Waals surface area contributed by atoms with E-state index in [0.717, 1.165) is 45.3 Å². The Morgan fingerprint density at radius 1 is 0.151 bits per heavy atom. The van der Waals surface area contributed by atoms with Gasteiger partial charge in [0.05, 0.1) is 22.2 Å². The average Bonchev–Trinajstić information content (AvgIpc) is 1.51. The molecule has 26 aromatic rings. The van der Waals surface area contributed by atoms with Gasteiger partial charge in [-0.25, -0.2) is 0 Å². The van der Waals surface area contributed by atoms with Gasteiger partial charge in [-0.1, -0.05) is 438 Å². The van der Waals surface area contributed by atoms with E-state index in [0.29, 0.717) is 0 Å². The number of hydrogen-bond acceptors (Lipinski definition) is 3. The van der Waals surface area contributed by atoms with Gasteiger partial charge in [-0.2, -0.15) is 0 Å². The maximum atomic E-state index is 2.61. The van der Waals surface area contributed by atoms with Crippen molar-refractivity contribution in [2.24, 2.45) is 0 Å². The van der Waals surface area contributed by atoms with E-state index in [9.17, 15) is 0 Å². The van der Waals surface area contributed by atoms with Crippen molar-refractivity contribution in [2.75, 3.05) is 9.80 Å². The number of benzene rings is 25. The maximum Gasteiger partial charge on any atom is 0.0726 e. The van der Waals surface area contributed by atoms with Crippen molar-refractivity contribution in [2.45, 2.75) is 30.1 Å². The van der Waals surface area contributed by atoms with Gasteiger partial charge in [-0.15, -0.1) is 11.3 Å². The molecule has 0 amide bonds. The maximum absolute atomic E-state index is 2.61. The Labute approximate surface area is 852 Å². The summed E-state index contributed by atoms with van der Waals surface area (Å²) in [6, 6.07) is 197. The minimum atomic E-state index is -0.557.